The summed E-state index contributed by atoms with van der Waals surface area (Å²) in [5.74, 6) is -3.19. The molecule has 8 nitrogen and oxygen atoms in total. The molecule has 4 N–H and O–H groups in total. The Bertz CT molecular complexity index is 1430. The molecule has 0 spiro atoms. The molecule has 4 rings (SSSR count). The maximum atomic E-state index is 14.0. The Morgan fingerprint density at radius 2 is 1.78 bits per heavy atom. The van der Waals surface area contributed by atoms with Gasteiger partial charge in [-0.15, -0.1) is 0 Å². The molecule has 0 aliphatic heterocycles. The predicted molar refractivity (Wildman–Crippen MR) is 132 cm³/mol. The molecular formula is C26H23F2N5O3. The molecule has 36 heavy (non-hydrogen) atoms. The van der Waals surface area contributed by atoms with Crippen molar-refractivity contribution in [3.05, 3.63) is 95.3 Å². The van der Waals surface area contributed by atoms with Gasteiger partial charge in [-0.25, -0.2) is 18.7 Å². The standard InChI is InChI=1S/C26H23F2N5O3/c1-36-12-11-21(33-25-19-9-3-8-18(24(29)34)23(19)30-14-31-25)15-5-2-6-16(13-15)32-26(35)17-7-4-10-20(27)22(17)28/h2-10,13-14,21H,11-12H2,1H3,(H2,29,34)(H,32,35)(H,30,31,33). The third-order valence-electron chi connectivity index (χ3n) is 5.59. The van der Waals surface area contributed by atoms with Crippen molar-refractivity contribution in [2.45, 2.75) is 12.5 Å². The summed E-state index contributed by atoms with van der Waals surface area (Å²) in [6.07, 6.45) is 1.88. The molecule has 1 heterocycles. The number of nitrogens with one attached hydrogen (secondary N) is 2. The van der Waals surface area contributed by atoms with Gasteiger partial charge in [0.2, 0.25) is 0 Å². The fourth-order valence-electron chi connectivity index (χ4n) is 3.84. The molecule has 1 aromatic heterocycles. The zero-order valence-corrected chi connectivity index (χ0v) is 19.3. The number of hydrogen-bond acceptors (Lipinski definition) is 6. The van der Waals surface area contributed by atoms with Gasteiger partial charge in [0.1, 0.15) is 12.1 Å². The first-order valence-corrected chi connectivity index (χ1v) is 11.0. The number of para-hydroxylation sites is 1. The Labute approximate surface area is 205 Å². The fourth-order valence-corrected chi connectivity index (χ4v) is 3.84. The second-order valence-electron chi connectivity index (χ2n) is 7.95. The number of rotatable bonds is 9. The number of hydrogen-bond donors (Lipinski definition) is 3. The van der Waals surface area contributed by atoms with Crippen molar-refractivity contribution in [2.24, 2.45) is 5.73 Å². The first-order chi connectivity index (χ1) is 17.4. The van der Waals surface area contributed by atoms with Crippen molar-refractivity contribution in [3.63, 3.8) is 0 Å². The molecule has 0 bridgehead atoms. The molecule has 3 aromatic carbocycles. The Balaban J connectivity index is 1.64. The Hall–Kier alpha value is -4.44. The first kappa shape index (κ1) is 24.7. The van der Waals surface area contributed by atoms with Crippen LogP contribution in [0.15, 0.2) is 67.0 Å². The number of anilines is 2. The minimum atomic E-state index is -1.21. The lowest BCUT2D eigenvalue weighted by Gasteiger charge is -2.21. The highest BCUT2D eigenvalue weighted by Crippen LogP contribution is 2.29. The van der Waals surface area contributed by atoms with Crippen LogP contribution in [0.5, 0.6) is 0 Å². The first-order valence-electron chi connectivity index (χ1n) is 11.0. The topological polar surface area (TPSA) is 119 Å². The lowest BCUT2D eigenvalue weighted by atomic mass is 10.0. The van der Waals surface area contributed by atoms with E-state index in [4.69, 9.17) is 10.5 Å². The number of primary amides is 1. The summed E-state index contributed by atoms with van der Waals surface area (Å²) in [5.41, 5.74) is 6.97. The van der Waals surface area contributed by atoms with Gasteiger partial charge in [-0.05, 0) is 48.4 Å². The van der Waals surface area contributed by atoms with Gasteiger partial charge in [0, 0.05) is 24.8 Å². The summed E-state index contributed by atoms with van der Waals surface area (Å²) >= 11 is 0. The highest BCUT2D eigenvalue weighted by molar-refractivity contribution is 6.07. The predicted octanol–water partition coefficient (Wildman–Crippen LogP) is 4.45. The fraction of sp³-hybridized carbons (Fsp3) is 0.154. The number of fused-ring (bicyclic) bond motifs is 1. The van der Waals surface area contributed by atoms with Crippen molar-refractivity contribution >= 4 is 34.2 Å². The van der Waals surface area contributed by atoms with Gasteiger partial charge in [-0.2, -0.15) is 0 Å². The summed E-state index contributed by atoms with van der Waals surface area (Å²) in [6, 6.07) is 15.1. The van der Waals surface area contributed by atoms with Crippen molar-refractivity contribution in [3.8, 4) is 0 Å². The van der Waals surface area contributed by atoms with Gasteiger partial charge >= 0.3 is 0 Å². The third-order valence-corrected chi connectivity index (χ3v) is 5.59. The number of carbonyl (C=O) groups excluding carboxylic acids is 2. The summed E-state index contributed by atoms with van der Waals surface area (Å²) in [5, 5.41) is 6.59. The number of methoxy groups -OCH3 is 1. The highest BCUT2D eigenvalue weighted by atomic mass is 19.2. The number of nitrogens with two attached hydrogens (primary N) is 1. The molecule has 1 atom stereocenters. The Morgan fingerprint density at radius 3 is 2.56 bits per heavy atom. The van der Waals surface area contributed by atoms with E-state index >= 15 is 0 Å². The van der Waals surface area contributed by atoms with E-state index in [1.165, 1.54) is 18.5 Å². The summed E-state index contributed by atoms with van der Waals surface area (Å²) in [6.45, 7) is 0.415. The largest absolute Gasteiger partial charge is 0.385 e. The zero-order valence-electron chi connectivity index (χ0n) is 19.3. The summed E-state index contributed by atoms with van der Waals surface area (Å²) in [7, 11) is 1.58. The molecule has 0 fully saturated rings. The van der Waals surface area contributed by atoms with E-state index in [-0.39, 0.29) is 11.6 Å². The minimum absolute atomic E-state index is 0.278. The van der Waals surface area contributed by atoms with Gasteiger partial charge in [-0.1, -0.05) is 24.3 Å². The molecule has 2 amide bonds. The average Bonchev–Trinajstić information content (AvgIpc) is 2.87. The molecule has 1 unspecified atom stereocenters. The molecule has 0 saturated heterocycles. The molecule has 0 saturated carbocycles. The van der Waals surface area contributed by atoms with Crippen molar-refractivity contribution < 1.29 is 23.1 Å². The lowest BCUT2D eigenvalue weighted by Crippen LogP contribution is -2.17. The number of amides is 2. The van der Waals surface area contributed by atoms with Gasteiger partial charge in [-0.3, -0.25) is 9.59 Å². The van der Waals surface area contributed by atoms with E-state index in [0.717, 1.165) is 11.6 Å². The van der Waals surface area contributed by atoms with E-state index in [1.54, 1.807) is 43.5 Å². The number of ether oxygens (including phenoxy) is 1. The van der Waals surface area contributed by atoms with Crippen LogP contribution in [0.4, 0.5) is 20.3 Å². The summed E-state index contributed by atoms with van der Waals surface area (Å²) in [4.78, 5) is 32.9. The second-order valence-corrected chi connectivity index (χ2v) is 7.95. The average molecular weight is 491 g/mol. The molecular weight excluding hydrogens is 468 g/mol. The summed E-state index contributed by atoms with van der Waals surface area (Å²) < 4.78 is 32.9. The zero-order chi connectivity index (χ0) is 25.7. The van der Waals surface area contributed by atoms with Crippen LogP contribution in [-0.2, 0) is 4.74 Å². The van der Waals surface area contributed by atoms with E-state index in [9.17, 15) is 18.4 Å². The maximum Gasteiger partial charge on any atom is 0.258 e. The number of aromatic nitrogens is 2. The number of carbonyl (C=O) groups is 2. The van der Waals surface area contributed by atoms with Crippen molar-refractivity contribution in [1.82, 2.24) is 9.97 Å². The SMILES string of the molecule is COCCC(Nc1ncnc2c(C(N)=O)cccc12)c1cccc(NC(=O)c2cccc(F)c2F)c1. The normalized spacial score (nSPS) is 11.8. The molecule has 0 aliphatic rings. The third kappa shape index (κ3) is 5.28. The van der Waals surface area contributed by atoms with E-state index in [1.807, 2.05) is 6.07 Å². The van der Waals surface area contributed by atoms with Gasteiger partial charge in [0.05, 0.1) is 22.7 Å². The van der Waals surface area contributed by atoms with Crippen molar-refractivity contribution in [2.75, 3.05) is 24.4 Å². The smallest absolute Gasteiger partial charge is 0.258 e. The lowest BCUT2D eigenvalue weighted by molar-refractivity contribution is 0.0998. The number of nitrogens with zero attached hydrogens (tertiary/aromatic N) is 2. The van der Waals surface area contributed by atoms with Crippen LogP contribution in [0.2, 0.25) is 0 Å². The minimum Gasteiger partial charge on any atom is -0.385 e. The number of halogens is 2. The molecule has 184 valence electrons. The Morgan fingerprint density at radius 1 is 1.03 bits per heavy atom. The van der Waals surface area contributed by atoms with Crippen LogP contribution in [0.25, 0.3) is 10.9 Å². The molecule has 10 heteroatoms. The quantitative estimate of drug-likeness (QED) is 0.318. The molecule has 0 aliphatic carbocycles. The van der Waals surface area contributed by atoms with Gasteiger partial charge in [0.25, 0.3) is 11.8 Å². The highest BCUT2D eigenvalue weighted by Gasteiger charge is 2.18. The molecule has 4 aromatic rings. The van der Waals surface area contributed by atoms with E-state index in [0.29, 0.717) is 35.4 Å². The second kappa shape index (κ2) is 10.9. The van der Waals surface area contributed by atoms with Crippen LogP contribution >= 0.6 is 0 Å². The van der Waals surface area contributed by atoms with Gasteiger partial charge < -0.3 is 21.1 Å². The Kier molecular flexibility index (Phi) is 7.45. The number of benzene rings is 3. The van der Waals surface area contributed by atoms with Crippen molar-refractivity contribution in [1.29, 1.82) is 0 Å². The molecule has 0 radical (unpaired) electrons. The van der Waals surface area contributed by atoms with E-state index in [2.05, 4.69) is 20.6 Å². The monoisotopic (exact) mass is 491 g/mol. The van der Waals surface area contributed by atoms with Crippen LogP contribution < -0.4 is 16.4 Å². The van der Waals surface area contributed by atoms with Crippen LogP contribution in [0.1, 0.15) is 38.7 Å². The van der Waals surface area contributed by atoms with Crippen LogP contribution in [-0.4, -0.2) is 35.5 Å². The van der Waals surface area contributed by atoms with Crippen LogP contribution in [0.3, 0.4) is 0 Å². The van der Waals surface area contributed by atoms with Gasteiger partial charge in [0.15, 0.2) is 11.6 Å². The maximum absolute atomic E-state index is 14.0. The van der Waals surface area contributed by atoms with E-state index < -0.39 is 29.0 Å². The van der Waals surface area contributed by atoms with Crippen LogP contribution in [0, 0.1) is 11.6 Å².